The Bertz CT molecular complexity index is 2050. The number of nitrogens with one attached hydrogen (secondary N) is 1. The molecule has 1 aromatic rings. The standard InChI is InChI=1S/C42H55F3N2O16/c1-19-23(59-34(53)27(50)30(42(43,44)45)46-35(54)63-37(3,4)5)17-41(56)32(61-33(52)21-13-12-14-22(15-21)57-11)29-39(8,24(49)16-25-40(29,18-58-25)62-20(2)48)31(51)28(26(19)38(41,6)7)60-36(55)47(9)10/h12-15,23-25,27-30,32,49-50,56H,16-18H2,1-11H3,(H,46,54)/t23-,24-,25+,27+,28+,29-,30+,32-,39+,40-,41+/m0/s1. The lowest BCUT2D eigenvalue weighted by Crippen LogP contribution is -2.82. The van der Waals surface area contributed by atoms with E-state index in [1.165, 1.54) is 99.3 Å². The molecule has 3 fully saturated rings. The van der Waals surface area contributed by atoms with Crippen LogP contribution in [0.4, 0.5) is 22.8 Å². The summed E-state index contributed by atoms with van der Waals surface area (Å²) in [6.07, 6.45) is -21.4. The molecule has 21 heteroatoms. The maximum atomic E-state index is 15.6. The van der Waals surface area contributed by atoms with E-state index in [1.807, 2.05) is 0 Å². The minimum absolute atomic E-state index is 0.132. The first-order valence-electron chi connectivity index (χ1n) is 20.0. The Morgan fingerprint density at radius 2 is 1.67 bits per heavy atom. The summed E-state index contributed by atoms with van der Waals surface area (Å²) in [6, 6.07) is 2.36. The molecule has 0 aromatic heterocycles. The first kappa shape index (κ1) is 49.0. The number of Topliss-reactive ketones (excluding diaryl/α,β-unsaturated/α-hetero) is 1. The van der Waals surface area contributed by atoms with Gasteiger partial charge in [0.25, 0.3) is 0 Å². The van der Waals surface area contributed by atoms with Crippen molar-refractivity contribution in [3.8, 4) is 5.75 Å². The van der Waals surface area contributed by atoms with Gasteiger partial charge in [-0.3, -0.25) is 9.59 Å². The van der Waals surface area contributed by atoms with Crippen LogP contribution in [0.1, 0.15) is 78.6 Å². The van der Waals surface area contributed by atoms with Gasteiger partial charge in [0.2, 0.25) is 0 Å². The van der Waals surface area contributed by atoms with Gasteiger partial charge in [0.15, 0.2) is 29.6 Å². The molecular weight excluding hydrogens is 845 g/mol. The van der Waals surface area contributed by atoms with Gasteiger partial charge in [-0.2, -0.15) is 13.2 Å². The summed E-state index contributed by atoms with van der Waals surface area (Å²) in [4.78, 5) is 83.5. The van der Waals surface area contributed by atoms with Gasteiger partial charge in [-0.15, -0.1) is 0 Å². The van der Waals surface area contributed by atoms with Crippen molar-refractivity contribution in [1.82, 2.24) is 10.2 Å². The van der Waals surface area contributed by atoms with Gasteiger partial charge in [0, 0.05) is 39.3 Å². The SMILES string of the molecule is COc1cccc(C(=O)O[C@H]2[C@@H]3[C@]4(OC(C)=O)CO[C@@H]4C[C@H](O)[C@@]3(C)C(=O)[C@H](OC(=O)N(C)C)C3=C(C)[C@@H](OC(=O)[C@H](O)[C@@H](NC(=O)OC(C)(C)C)C(F)(F)F)C[C@]2(O)C3(C)C)c1. The lowest BCUT2D eigenvalue weighted by molar-refractivity contribution is -0.346. The second-order valence-corrected chi connectivity index (χ2v) is 18.3. The molecule has 1 heterocycles. The highest BCUT2D eigenvalue weighted by molar-refractivity contribution is 5.95. The Hall–Kier alpha value is -4.99. The van der Waals surface area contributed by atoms with E-state index in [9.17, 15) is 52.5 Å². The lowest BCUT2D eigenvalue weighted by atomic mass is 9.44. The second-order valence-electron chi connectivity index (χ2n) is 18.3. The predicted octanol–water partition coefficient (Wildman–Crippen LogP) is 3.16. The molecule has 2 amide bonds. The molecule has 1 aliphatic heterocycles. The zero-order chi connectivity index (χ0) is 47.6. The fraction of sp³-hybridized carbons (Fsp3) is 0.667. The zero-order valence-corrected chi connectivity index (χ0v) is 36.8. The Morgan fingerprint density at radius 1 is 1.03 bits per heavy atom. The third-order valence-electron chi connectivity index (χ3n) is 12.6. The van der Waals surface area contributed by atoms with Gasteiger partial charge in [-0.1, -0.05) is 19.9 Å². The second kappa shape index (κ2) is 16.9. The molecular formula is C42H55F3N2O16. The van der Waals surface area contributed by atoms with Gasteiger partial charge in [0.1, 0.15) is 35.3 Å². The van der Waals surface area contributed by atoms with Crippen LogP contribution in [0, 0.1) is 16.7 Å². The van der Waals surface area contributed by atoms with Crippen LogP contribution in [-0.2, 0) is 42.8 Å². The molecule has 5 rings (SSSR count). The van der Waals surface area contributed by atoms with Crippen molar-refractivity contribution in [2.24, 2.45) is 16.7 Å². The lowest BCUT2D eigenvalue weighted by Gasteiger charge is -2.67. The normalized spacial score (nSPS) is 32.1. The Balaban J connectivity index is 1.77. The van der Waals surface area contributed by atoms with E-state index in [0.717, 1.165) is 11.8 Å². The number of methoxy groups -OCH3 is 1. The van der Waals surface area contributed by atoms with Gasteiger partial charge < -0.3 is 58.7 Å². The highest BCUT2D eigenvalue weighted by Crippen LogP contribution is 2.64. The van der Waals surface area contributed by atoms with E-state index < -0.39 is 131 Å². The van der Waals surface area contributed by atoms with E-state index in [0.29, 0.717) is 0 Å². The maximum absolute atomic E-state index is 15.6. The summed E-state index contributed by atoms with van der Waals surface area (Å²) in [5.41, 5.74) is -10.5. The third kappa shape index (κ3) is 8.68. The van der Waals surface area contributed by atoms with Crippen LogP contribution < -0.4 is 10.1 Å². The number of carbonyl (C=O) groups excluding carboxylic acids is 6. The van der Waals surface area contributed by atoms with Crippen molar-refractivity contribution >= 4 is 35.9 Å². The first-order chi connectivity index (χ1) is 28.9. The minimum Gasteiger partial charge on any atom is -0.497 e. The molecule has 0 spiro atoms. The van der Waals surface area contributed by atoms with E-state index in [4.69, 9.17) is 33.2 Å². The number of hydrogen-bond acceptors (Lipinski definition) is 16. The molecule has 2 saturated carbocycles. The summed E-state index contributed by atoms with van der Waals surface area (Å²) < 4.78 is 82.9. The fourth-order valence-corrected chi connectivity index (χ4v) is 9.35. The summed E-state index contributed by atoms with van der Waals surface area (Å²) in [5.74, 6) is -6.55. The number of hydrogen-bond donors (Lipinski definition) is 4. The van der Waals surface area contributed by atoms with Gasteiger partial charge in [-0.25, -0.2) is 19.2 Å². The number of fused-ring (bicyclic) bond motifs is 5. The number of rotatable bonds is 9. The van der Waals surface area contributed by atoms with Crippen LogP contribution in [0.25, 0.3) is 0 Å². The number of alkyl carbamates (subject to hydrolysis) is 1. The number of aliphatic hydroxyl groups is 3. The van der Waals surface area contributed by atoms with E-state index in [-0.39, 0.29) is 28.9 Å². The van der Waals surface area contributed by atoms with Crippen molar-refractivity contribution in [1.29, 1.82) is 0 Å². The van der Waals surface area contributed by atoms with Crippen LogP contribution >= 0.6 is 0 Å². The molecule has 350 valence electrons. The summed E-state index contributed by atoms with van der Waals surface area (Å²) in [5, 5.41) is 38.0. The number of alkyl halides is 3. The Morgan fingerprint density at radius 3 is 2.19 bits per heavy atom. The molecule has 63 heavy (non-hydrogen) atoms. The summed E-state index contributed by atoms with van der Waals surface area (Å²) in [6.45, 7) is 10.1. The molecule has 11 atom stereocenters. The highest BCUT2D eigenvalue weighted by Gasteiger charge is 2.78. The summed E-state index contributed by atoms with van der Waals surface area (Å²) >= 11 is 0. The number of amides is 2. The maximum Gasteiger partial charge on any atom is 0.411 e. The molecule has 3 aliphatic carbocycles. The van der Waals surface area contributed by atoms with Crippen molar-refractivity contribution in [2.75, 3.05) is 27.8 Å². The number of aliphatic hydroxyl groups excluding tert-OH is 2. The van der Waals surface area contributed by atoms with E-state index >= 15 is 4.79 Å². The first-order valence-corrected chi connectivity index (χ1v) is 20.0. The number of halogens is 3. The van der Waals surface area contributed by atoms with Crippen molar-refractivity contribution in [2.45, 2.75) is 134 Å². The fourth-order valence-electron chi connectivity index (χ4n) is 9.35. The van der Waals surface area contributed by atoms with Gasteiger partial charge in [-0.05, 0) is 64.0 Å². The van der Waals surface area contributed by atoms with E-state index in [1.54, 1.807) is 0 Å². The largest absolute Gasteiger partial charge is 0.497 e. The van der Waals surface area contributed by atoms with Crippen LogP contribution in [0.15, 0.2) is 35.4 Å². The zero-order valence-electron chi connectivity index (χ0n) is 36.8. The monoisotopic (exact) mass is 900 g/mol. The average Bonchev–Trinajstić information content (AvgIpc) is 3.16. The number of ketones is 1. The van der Waals surface area contributed by atoms with Crippen molar-refractivity contribution < 1.29 is 90.4 Å². The molecule has 4 aliphatic rings. The topological polar surface area (TPSA) is 243 Å². The van der Waals surface area contributed by atoms with Crippen LogP contribution in [-0.4, -0.2) is 150 Å². The van der Waals surface area contributed by atoms with Gasteiger partial charge in [0.05, 0.1) is 36.7 Å². The minimum atomic E-state index is -5.46. The molecule has 18 nitrogen and oxygen atoms in total. The molecule has 4 N–H and O–H groups in total. The van der Waals surface area contributed by atoms with Crippen LogP contribution in [0.2, 0.25) is 0 Å². The third-order valence-corrected chi connectivity index (χ3v) is 12.6. The van der Waals surface area contributed by atoms with Crippen molar-refractivity contribution in [3.05, 3.63) is 41.0 Å². The number of ether oxygens (including phenoxy) is 7. The average molecular weight is 901 g/mol. The quantitative estimate of drug-likeness (QED) is 0.158. The number of esters is 3. The molecule has 1 saturated heterocycles. The van der Waals surface area contributed by atoms with Crippen molar-refractivity contribution in [3.63, 3.8) is 0 Å². The Labute approximate surface area is 361 Å². The molecule has 0 unspecified atom stereocenters. The highest BCUT2D eigenvalue weighted by atomic mass is 19.4. The van der Waals surface area contributed by atoms with Gasteiger partial charge >= 0.3 is 36.3 Å². The van der Waals surface area contributed by atoms with E-state index in [2.05, 4.69) is 0 Å². The molecule has 2 bridgehead atoms. The number of benzene rings is 1. The number of nitrogens with zero attached hydrogens (tertiary/aromatic N) is 1. The molecule has 0 radical (unpaired) electrons. The van der Waals surface area contributed by atoms with Crippen LogP contribution in [0.3, 0.4) is 0 Å². The number of carbonyl (C=O) groups is 6. The smallest absolute Gasteiger partial charge is 0.411 e. The molecule has 1 aromatic carbocycles. The van der Waals surface area contributed by atoms with Crippen LogP contribution in [0.5, 0.6) is 5.75 Å². The summed E-state index contributed by atoms with van der Waals surface area (Å²) in [7, 11) is 3.94. The predicted molar refractivity (Wildman–Crippen MR) is 209 cm³/mol. The Kier molecular flexibility index (Phi) is 13.1.